The molecule has 0 amide bonds. The van der Waals surface area contributed by atoms with Crippen molar-refractivity contribution in [3.63, 3.8) is 0 Å². The van der Waals surface area contributed by atoms with Gasteiger partial charge in [-0.05, 0) is 17.5 Å². The van der Waals surface area contributed by atoms with Gasteiger partial charge in [0.25, 0.3) is 0 Å². The van der Waals surface area contributed by atoms with Crippen LogP contribution in [0, 0.1) is 0 Å². The Kier molecular flexibility index (Phi) is 7.60. The van der Waals surface area contributed by atoms with Crippen LogP contribution in [0.2, 0.25) is 0 Å². The minimum absolute atomic E-state index is 0.211. The van der Waals surface area contributed by atoms with Gasteiger partial charge in [0.1, 0.15) is 6.10 Å². The molecule has 144 valence electrons. The quantitative estimate of drug-likeness (QED) is 0.683. The van der Waals surface area contributed by atoms with Crippen molar-refractivity contribution in [2.45, 2.75) is 50.5 Å². The lowest BCUT2D eigenvalue weighted by Crippen LogP contribution is -2.49. The van der Waals surface area contributed by atoms with E-state index in [2.05, 4.69) is 6.58 Å². The summed E-state index contributed by atoms with van der Waals surface area (Å²) in [6.07, 6.45) is 1.68. The molecule has 1 fully saturated rings. The first-order valence-corrected chi connectivity index (χ1v) is 9.48. The highest BCUT2D eigenvalue weighted by molar-refractivity contribution is 5.14. The van der Waals surface area contributed by atoms with E-state index < -0.39 is 6.10 Å². The molecule has 0 aliphatic carbocycles. The summed E-state index contributed by atoms with van der Waals surface area (Å²) < 4.78 is 18.1. The maximum absolute atomic E-state index is 10.4. The zero-order valence-corrected chi connectivity index (χ0v) is 15.6. The molecule has 4 heteroatoms. The Labute approximate surface area is 161 Å². The zero-order chi connectivity index (χ0) is 18.9. The van der Waals surface area contributed by atoms with Gasteiger partial charge in [-0.2, -0.15) is 0 Å². The molecular weight excluding hydrogens is 340 g/mol. The average Bonchev–Trinajstić information content (AvgIpc) is 2.71. The Morgan fingerprint density at radius 2 is 1.59 bits per heavy atom. The molecule has 0 radical (unpaired) electrons. The minimum atomic E-state index is -0.561. The molecular formula is C23H28O4. The van der Waals surface area contributed by atoms with Crippen molar-refractivity contribution in [3.05, 3.63) is 84.4 Å². The van der Waals surface area contributed by atoms with E-state index in [0.717, 1.165) is 11.1 Å². The van der Waals surface area contributed by atoms with Gasteiger partial charge >= 0.3 is 0 Å². The number of hydrogen-bond donors (Lipinski definition) is 1. The monoisotopic (exact) mass is 368 g/mol. The van der Waals surface area contributed by atoms with E-state index in [-0.39, 0.29) is 18.3 Å². The molecule has 2 aromatic rings. The molecule has 0 saturated carbocycles. The Balaban J connectivity index is 1.58. The first-order valence-electron chi connectivity index (χ1n) is 9.48. The number of aliphatic hydroxyl groups excluding tert-OH is 1. The summed E-state index contributed by atoms with van der Waals surface area (Å²) in [7, 11) is 0. The fourth-order valence-electron chi connectivity index (χ4n) is 3.29. The van der Waals surface area contributed by atoms with Gasteiger partial charge in [0.05, 0.1) is 38.1 Å². The minimum Gasteiger partial charge on any atom is -0.390 e. The molecule has 4 nitrogen and oxygen atoms in total. The van der Waals surface area contributed by atoms with Gasteiger partial charge in [0.15, 0.2) is 0 Å². The largest absolute Gasteiger partial charge is 0.390 e. The third-order valence-electron chi connectivity index (χ3n) is 4.77. The van der Waals surface area contributed by atoms with Crippen LogP contribution in [0.15, 0.2) is 73.3 Å². The third-order valence-corrected chi connectivity index (χ3v) is 4.77. The second-order valence-corrected chi connectivity index (χ2v) is 6.88. The summed E-state index contributed by atoms with van der Waals surface area (Å²) in [5, 5.41) is 10.4. The molecule has 1 aliphatic heterocycles. The maximum Gasteiger partial charge on any atom is 0.108 e. The standard InChI is InChI=1S/C23H28O4/c1-2-9-21-20(24)14-22(26-16-19-12-7-4-8-13-19)23(27-21)17-25-15-18-10-5-3-6-11-18/h2-8,10-13,20-24H,1,9,14-17H2/t20-,21+,22+,23-/m0/s1. The summed E-state index contributed by atoms with van der Waals surface area (Å²) in [4.78, 5) is 0. The number of aliphatic hydroxyl groups is 1. The smallest absolute Gasteiger partial charge is 0.108 e. The fraction of sp³-hybridized carbons (Fsp3) is 0.391. The summed E-state index contributed by atoms with van der Waals surface area (Å²) in [5.41, 5.74) is 2.22. The van der Waals surface area contributed by atoms with Crippen LogP contribution in [0.25, 0.3) is 0 Å². The molecule has 1 aliphatic rings. The van der Waals surface area contributed by atoms with Gasteiger partial charge in [-0.25, -0.2) is 0 Å². The molecule has 27 heavy (non-hydrogen) atoms. The number of rotatable bonds is 9. The Morgan fingerprint density at radius 1 is 0.963 bits per heavy atom. The van der Waals surface area contributed by atoms with Gasteiger partial charge in [0.2, 0.25) is 0 Å². The van der Waals surface area contributed by atoms with Crippen molar-refractivity contribution in [1.82, 2.24) is 0 Å². The van der Waals surface area contributed by atoms with E-state index in [1.165, 1.54) is 0 Å². The van der Waals surface area contributed by atoms with Crippen molar-refractivity contribution >= 4 is 0 Å². The second kappa shape index (κ2) is 10.4. The van der Waals surface area contributed by atoms with Crippen molar-refractivity contribution in [2.75, 3.05) is 6.61 Å². The number of ether oxygens (including phenoxy) is 3. The number of benzene rings is 2. The van der Waals surface area contributed by atoms with Crippen LogP contribution in [0.3, 0.4) is 0 Å². The van der Waals surface area contributed by atoms with Crippen molar-refractivity contribution < 1.29 is 19.3 Å². The van der Waals surface area contributed by atoms with Crippen LogP contribution in [-0.4, -0.2) is 36.1 Å². The molecule has 0 bridgehead atoms. The van der Waals surface area contributed by atoms with Gasteiger partial charge in [-0.15, -0.1) is 6.58 Å². The highest BCUT2D eigenvalue weighted by atomic mass is 16.6. The van der Waals surface area contributed by atoms with Crippen molar-refractivity contribution in [2.24, 2.45) is 0 Å². The normalized spacial score (nSPS) is 25.2. The molecule has 0 aromatic heterocycles. The average molecular weight is 368 g/mol. The van der Waals surface area contributed by atoms with E-state index in [1.54, 1.807) is 6.08 Å². The number of hydrogen-bond acceptors (Lipinski definition) is 4. The SMILES string of the molecule is C=CC[C@H]1O[C@@H](COCc2ccccc2)[C@H](OCc2ccccc2)C[C@@H]1O. The van der Waals surface area contributed by atoms with Crippen LogP contribution in [0.1, 0.15) is 24.0 Å². The molecule has 1 heterocycles. The second-order valence-electron chi connectivity index (χ2n) is 6.88. The Bertz CT molecular complexity index is 673. The molecule has 2 aromatic carbocycles. The van der Waals surface area contributed by atoms with Crippen LogP contribution >= 0.6 is 0 Å². The Hall–Kier alpha value is -1.98. The Morgan fingerprint density at radius 3 is 2.22 bits per heavy atom. The summed E-state index contributed by atoms with van der Waals surface area (Å²) >= 11 is 0. The van der Waals surface area contributed by atoms with Crippen LogP contribution in [-0.2, 0) is 27.4 Å². The van der Waals surface area contributed by atoms with Crippen LogP contribution in [0.4, 0.5) is 0 Å². The van der Waals surface area contributed by atoms with Crippen LogP contribution < -0.4 is 0 Å². The van der Waals surface area contributed by atoms with Gasteiger partial charge in [0, 0.05) is 6.42 Å². The predicted octanol–water partition coefficient (Wildman–Crippen LogP) is 3.88. The topological polar surface area (TPSA) is 47.9 Å². The molecule has 0 unspecified atom stereocenters. The first kappa shape index (κ1) is 19.8. The third kappa shape index (κ3) is 6.01. The highest BCUT2D eigenvalue weighted by Crippen LogP contribution is 2.26. The predicted molar refractivity (Wildman–Crippen MR) is 105 cm³/mol. The van der Waals surface area contributed by atoms with Gasteiger partial charge in [-0.1, -0.05) is 66.7 Å². The molecule has 1 saturated heterocycles. The lowest BCUT2D eigenvalue weighted by atomic mass is 9.96. The molecule has 4 atom stereocenters. The van der Waals surface area contributed by atoms with E-state index in [9.17, 15) is 5.11 Å². The fourth-order valence-corrected chi connectivity index (χ4v) is 3.29. The first-order chi connectivity index (χ1) is 13.3. The van der Waals surface area contributed by atoms with Crippen LogP contribution in [0.5, 0.6) is 0 Å². The molecule has 1 N–H and O–H groups in total. The van der Waals surface area contributed by atoms with Crippen molar-refractivity contribution in [3.8, 4) is 0 Å². The van der Waals surface area contributed by atoms with E-state index >= 15 is 0 Å². The summed E-state index contributed by atoms with van der Waals surface area (Å²) in [6, 6.07) is 20.1. The summed E-state index contributed by atoms with van der Waals surface area (Å²) in [5.74, 6) is 0. The summed E-state index contributed by atoms with van der Waals surface area (Å²) in [6.45, 7) is 5.20. The van der Waals surface area contributed by atoms with E-state index in [0.29, 0.717) is 32.7 Å². The van der Waals surface area contributed by atoms with Crippen molar-refractivity contribution in [1.29, 1.82) is 0 Å². The lowest BCUT2D eigenvalue weighted by Gasteiger charge is -2.39. The lowest BCUT2D eigenvalue weighted by molar-refractivity contribution is -0.201. The highest BCUT2D eigenvalue weighted by Gasteiger charge is 2.37. The molecule has 0 spiro atoms. The van der Waals surface area contributed by atoms with E-state index in [4.69, 9.17) is 14.2 Å². The van der Waals surface area contributed by atoms with E-state index in [1.807, 2.05) is 60.7 Å². The maximum atomic E-state index is 10.4. The molecule has 3 rings (SSSR count). The van der Waals surface area contributed by atoms with Gasteiger partial charge < -0.3 is 19.3 Å². The zero-order valence-electron chi connectivity index (χ0n) is 15.6. The van der Waals surface area contributed by atoms with Gasteiger partial charge in [-0.3, -0.25) is 0 Å².